The number of thioether (sulfide) groups is 1. The normalized spacial score (nSPS) is 20.8. The first-order chi connectivity index (χ1) is 15.9. The summed E-state index contributed by atoms with van der Waals surface area (Å²) >= 11 is 1.42. The van der Waals surface area contributed by atoms with E-state index in [1.807, 2.05) is 12.1 Å². The maximum atomic E-state index is 13.0. The standard InChI is InChI=1S/C25H24FNO5S/c26-16-5-7-18(8-6-16)31-14-17(28)13-27-11-9-25(10-12-27)15-33-24-22(30)21(29)19-3-1-2-4-20(19)23(24)32-25/h1-8,17,28H,9-15H2/t17-/m0/s1. The summed E-state index contributed by atoms with van der Waals surface area (Å²) in [5, 5.41) is 10.4. The molecule has 0 bridgehead atoms. The number of allylic oxidation sites excluding steroid dienone is 1. The van der Waals surface area contributed by atoms with Gasteiger partial charge in [0.05, 0.1) is 0 Å². The highest BCUT2D eigenvalue weighted by atomic mass is 32.2. The highest BCUT2D eigenvalue weighted by Crippen LogP contribution is 2.47. The third kappa shape index (κ3) is 4.43. The van der Waals surface area contributed by atoms with E-state index in [1.165, 1.54) is 36.0 Å². The number of rotatable bonds is 5. The number of halogens is 1. The first kappa shape index (κ1) is 22.1. The number of carbonyl (C=O) groups excluding carboxylic acids is 2. The number of piperidine rings is 1. The topological polar surface area (TPSA) is 76.1 Å². The number of benzene rings is 2. The summed E-state index contributed by atoms with van der Waals surface area (Å²) in [7, 11) is 0. The van der Waals surface area contributed by atoms with Crippen LogP contribution in [0, 0.1) is 5.82 Å². The van der Waals surface area contributed by atoms with Crippen molar-refractivity contribution in [2.24, 2.45) is 0 Å². The predicted octanol–water partition coefficient (Wildman–Crippen LogP) is 3.30. The molecule has 2 heterocycles. The number of Topliss-reactive ketones (excluding diaryl/α,β-unsaturated/α-hetero) is 2. The first-order valence-electron chi connectivity index (χ1n) is 11.0. The van der Waals surface area contributed by atoms with Gasteiger partial charge in [-0.2, -0.15) is 0 Å². The van der Waals surface area contributed by atoms with Crippen LogP contribution >= 0.6 is 11.8 Å². The van der Waals surface area contributed by atoms with Gasteiger partial charge in [0.25, 0.3) is 0 Å². The third-order valence-electron chi connectivity index (χ3n) is 6.33. The Morgan fingerprint density at radius 2 is 1.76 bits per heavy atom. The van der Waals surface area contributed by atoms with Crippen molar-refractivity contribution in [2.75, 3.05) is 32.0 Å². The minimum Gasteiger partial charge on any atom is -0.491 e. The summed E-state index contributed by atoms with van der Waals surface area (Å²) in [4.78, 5) is 27.6. The molecule has 0 unspecified atom stereocenters. The van der Waals surface area contributed by atoms with Crippen molar-refractivity contribution in [3.8, 4) is 5.75 Å². The summed E-state index contributed by atoms with van der Waals surface area (Å²) in [6.07, 6.45) is 0.841. The summed E-state index contributed by atoms with van der Waals surface area (Å²) in [5.41, 5.74) is 0.698. The van der Waals surface area contributed by atoms with Gasteiger partial charge in [0, 0.05) is 49.4 Å². The minimum atomic E-state index is -0.672. The molecule has 1 spiro atoms. The highest BCUT2D eigenvalue weighted by Gasteiger charge is 2.46. The molecule has 5 rings (SSSR count). The zero-order valence-electron chi connectivity index (χ0n) is 18.0. The van der Waals surface area contributed by atoms with E-state index >= 15 is 0 Å². The minimum absolute atomic E-state index is 0.128. The molecule has 1 aliphatic carbocycles. The van der Waals surface area contributed by atoms with E-state index in [4.69, 9.17) is 9.47 Å². The van der Waals surface area contributed by atoms with Gasteiger partial charge in [0.2, 0.25) is 11.6 Å². The molecule has 2 aromatic rings. The average Bonchev–Trinajstić information content (AvgIpc) is 2.84. The van der Waals surface area contributed by atoms with Gasteiger partial charge in [-0.3, -0.25) is 9.59 Å². The number of aliphatic hydroxyl groups excluding tert-OH is 1. The lowest BCUT2D eigenvalue weighted by Crippen LogP contribution is -2.51. The number of hydrogen-bond acceptors (Lipinski definition) is 7. The Balaban J connectivity index is 1.19. The molecule has 1 saturated heterocycles. The van der Waals surface area contributed by atoms with Gasteiger partial charge in [-0.25, -0.2) is 4.39 Å². The second-order valence-electron chi connectivity index (χ2n) is 8.66. The van der Waals surface area contributed by atoms with Crippen molar-refractivity contribution < 1.29 is 28.6 Å². The third-order valence-corrected chi connectivity index (χ3v) is 7.66. The van der Waals surface area contributed by atoms with Gasteiger partial charge >= 0.3 is 0 Å². The van der Waals surface area contributed by atoms with Crippen LogP contribution in [0.3, 0.4) is 0 Å². The maximum absolute atomic E-state index is 13.0. The van der Waals surface area contributed by atoms with Crippen LogP contribution in [0.4, 0.5) is 4.39 Å². The van der Waals surface area contributed by atoms with E-state index in [9.17, 15) is 19.1 Å². The van der Waals surface area contributed by atoms with Crippen LogP contribution in [0.15, 0.2) is 53.4 Å². The second kappa shape index (κ2) is 8.93. The van der Waals surface area contributed by atoms with Gasteiger partial charge in [-0.05, 0) is 24.3 Å². The van der Waals surface area contributed by atoms with Crippen LogP contribution in [0.2, 0.25) is 0 Å². The molecule has 0 radical (unpaired) electrons. The number of ketones is 2. The van der Waals surface area contributed by atoms with Crippen LogP contribution in [0.5, 0.6) is 5.75 Å². The molecule has 0 aromatic heterocycles. The Labute approximate surface area is 195 Å². The van der Waals surface area contributed by atoms with E-state index < -0.39 is 23.3 Å². The molecule has 1 N–H and O–H groups in total. The first-order valence-corrected chi connectivity index (χ1v) is 12.0. The SMILES string of the molecule is O=C1C(=O)c2ccccc2C2=C1SCC1(CCN(C[C@H](O)COc3ccc(F)cc3)CC1)O2. The maximum Gasteiger partial charge on any atom is 0.243 e. The quantitative estimate of drug-likeness (QED) is 0.674. The van der Waals surface area contributed by atoms with Crippen molar-refractivity contribution in [1.29, 1.82) is 0 Å². The Kier molecular flexibility index (Phi) is 5.99. The van der Waals surface area contributed by atoms with Crippen LogP contribution in [0.1, 0.15) is 28.8 Å². The van der Waals surface area contributed by atoms with E-state index in [1.54, 1.807) is 12.1 Å². The monoisotopic (exact) mass is 469 g/mol. The molecule has 2 aliphatic heterocycles. The van der Waals surface area contributed by atoms with E-state index in [0.717, 1.165) is 25.9 Å². The van der Waals surface area contributed by atoms with Crippen LogP contribution in [0.25, 0.3) is 5.76 Å². The molecule has 172 valence electrons. The van der Waals surface area contributed by atoms with E-state index in [0.29, 0.717) is 39.8 Å². The highest BCUT2D eigenvalue weighted by molar-refractivity contribution is 8.04. The Hall–Kier alpha value is -2.68. The molecule has 0 amide bonds. The van der Waals surface area contributed by atoms with Gasteiger partial charge in [-0.1, -0.05) is 24.3 Å². The Morgan fingerprint density at radius 1 is 1.06 bits per heavy atom. The lowest BCUT2D eigenvalue weighted by molar-refractivity contribution is -0.111. The molecule has 33 heavy (non-hydrogen) atoms. The lowest BCUT2D eigenvalue weighted by Gasteiger charge is -2.45. The summed E-state index contributed by atoms with van der Waals surface area (Å²) < 4.78 is 25.0. The number of likely N-dealkylation sites (tertiary alicyclic amines) is 1. The number of carbonyl (C=O) groups is 2. The summed E-state index contributed by atoms with van der Waals surface area (Å²) in [6, 6.07) is 12.8. The van der Waals surface area contributed by atoms with Crippen LogP contribution < -0.4 is 4.74 Å². The van der Waals surface area contributed by atoms with Crippen molar-refractivity contribution in [3.05, 3.63) is 70.4 Å². The van der Waals surface area contributed by atoms with E-state index in [-0.39, 0.29) is 12.4 Å². The number of ether oxygens (including phenoxy) is 2. The Bertz CT molecular complexity index is 1110. The Morgan fingerprint density at radius 3 is 2.48 bits per heavy atom. The molecule has 2 aromatic carbocycles. The molecule has 8 heteroatoms. The molecule has 6 nitrogen and oxygen atoms in total. The molecular formula is C25H24FNO5S. The van der Waals surface area contributed by atoms with Crippen molar-refractivity contribution in [1.82, 2.24) is 4.90 Å². The smallest absolute Gasteiger partial charge is 0.243 e. The number of nitrogens with zero attached hydrogens (tertiary/aromatic N) is 1. The van der Waals surface area contributed by atoms with Gasteiger partial charge in [0.15, 0.2) is 0 Å². The number of β-amino-alcohol motifs (C(OH)–C–C–N with tert-alkyl or cyclic N) is 1. The van der Waals surface area contributed by atoms with Gasteiger partial charge in [0.1, 0.15) is 40.5 Å². The average molecular weight is 470 g/mol. The van der Waals surface area contributed by atoms with Crippen molar-refractivity contribution in [2.45, 2.75) is 24.5 Å². The number of aliphatic hydroxyl groups is 1. The summed E-state index contributed by atoms with van der Waals surface area (Å²) in [5.74, 6) is 0.396. The zero-order valence-corrected chi connectivity index (χ0v) is 18.8. The number of fused-ring (bicyclic) bond motifs is 2. The number of hydrogen-bond donors (Lipinski definition) is 1. The fraction of sp³-hybridized carbons (Fsp3) is 0.360. The van der Waals surface area contributed by atoms with Crippen LogP contribution in [-0.2, 0) is 9.53 Å². The molecule has 1 fully saturated rings. The fourth-order valence-corrected chi connectivity index (χ4v) is 5.74. The molecule has 3 aliphatic rings. The van der Waals surface area contributed by atoms with E-state index in [2.05, 4.69) is 4.90 Å². The molecule has 1 atom stereocenters. The molecule has 0 saturated carbocycles. The largest absolute Gasteiger partial charge is 0.491 e. The van der Waals surface area contributed by atoms with Crippen molar-refractivity contribution >= 4 is 29.1 Å². The zero-order chi connectivity index (χ0) is 23.0. The molecular weight excluding hydrogens is 445 g/mol. The van der Waals surface area contributed by atoms with Crippen molar-refractivity contribution in [3.63, 3.8) is 0 Å². The second-order valence-corrected chi connectivity index (χ2v) is 9.64. The van der Waals surface area contributed by atoms with Crippen LogP contribution in [-0.4, -0.2) is 65.3 Å². The lowest BCUT2D eigenvalue weighted by atomic mass is 9.90. The summed E-state index contributed by atoms with van der Waals surface area (Å²) in [6.45, 7) is 2.08. The van der Waals surface area contributed by atoms with Gasteiger partial charge in [-0.15, -0.1) is 11.8 Å². The predicted molar refractivity (Wildman–Crippen MR) is 123 cm³/mol. The fourth-order valence-electron chi connectivity index (χ4n) is 4.48. The van der Waals surface area contributed by atoms with Gasteiger partial charge < -0.3 is 19.5 Å².